The van der Waals surface area contributed by atoms with E-state index in [0.29, 0.717) is 82.3 Å². The van der Waals surface area contributed by atoms with E-state index in [1.54, 1.807) is 4.90 Å². The first-order valence-corrected chi connectivity index (χ1v) is 27.2. The molecule has 7 aromatic heterocycles. The van der Waals surface area contributed by atoms with Crippen molar-refractivity contribution in [2.75, 3.05) is 29.4 Å². The van der Waals surface area contributed by atoms with Gasteiger partial charge in [-0.25, -0.2) is 9.88 Å². The minimum Gasteiger partial charge on any atom is -0.423 e. The van der Waals surface area contributed by atoms with Crippen LogP contribution >= 0.6 is 0 Å². The van der Waals surface area contributed by atoms with Crippen molar-refractivity contribution in [2.24, 2.45) is 0 Å². The Kier molecular flexibility index (Phi) is 12.4. The molecule has 404 valence electrons. The molecule has 0 saturated carbocycles. The quantitative estimate of drug-likeness (QED) is 0.143. The number of fused-ring (bicyclic) bond motifs is 12. The SMILES string of the molecule is c1ccc(-c2nc(-c3ccccc3)nc(N3c4ccc(o4)N(c4ccccc4)c4ccc(o4)N(c4ccccc4)c4ccc(o4)N(c4ccccc4)c4ccc(o4)N(c4ccccc4)c4ccc(o4)N(c4ccccc4)c4ccc3o4)n2)cc1. The van der Waals surface area contributed by atoms with Gasteiger partial charge in [0.05, 0.1) is 28.4 Å². The molecule has 0 aliphatic carbocycles. The van der Waals surface area contributed by atoms with Crippen LogP contribution in [0.2, 0.25) is 0 Å². The highest BCUT2D eigenvalue weighted by Gasteiger charge is 2.32. The Bertz CT molecular complexity index is 4230. The Morgan fingerprint density at radius 1 is 0.179 bits per heavy atom. The number of nitrogens with zero attached hydrogens (tertiary/aromatic N) is 9. The zero-order valence-electron chi connectivity index (χ0n) is 44.6. The Morgan fingerprint density at radius 2 is 0.357 bits per heavy atom. The second kappa shape index (κ2) is 21.3. The molecule has 0 atom stereocenters. The summed E-state index contributed by atoms with van der Waals surface area (Å²) in [6.07, 6.45) is 0. The van der Waals surface area contributed by atoms with Crippen molar-refractivity contribution in [1.29, 1.82) is 0 Å². The molecule has 0 amide bonds. The third-order valence-electron chi connectivity index (χ3n) is 14.1. The van der Waals surface area contributed by atoms with Crippen molar-refractivity contribution in [1.82, 2.24) is 15.0 Å². The average molecular weight is 1100 g/mol. The number of para-hydroxylation sites is 5. The Labute approximate surface area is 481 Å². The molecular formula is C69H47N9O6. The summed E-state index contributed by atoms with van der Waals surface area (Å²) in [5.41, 5.74) is 5.47. The molecule has 0 spiro atoms. The molecular weight excluding hydrogens is 1050 g/mol. The number of rotatable bonds is 8. The van der Waals surface area contributed by atoms with E-state index in [4.69, 9.17) is 41.5 Å². The zero-order chi connectivity index (χ0) is 55.8. The molecule has 84 heavy (non-hydrogen) atoms. The maximum atomic E-state index is 7.12. The summed E-state index contributed by atoms with van der Waals surface area (Å²) in [5, 5.41) is 0. The van der Waals surface area contributed by atoms with E-state index >= 15 is 0 Å². The van der Waals surface area contributed by atoms with Crippen LogP contribution in [-0.2, 0) is 0 Å². The molecule has 0 N–H and O–H groups in total. The lowest BCUT2D eigenvalue weighted by molar-refractivity contribution is 0.516. The lowest BCUT2D eigenvalue weighted by Crippen LogP contribution is -2.14. The molecule has 8 heterocycles. The van der Waals surface area contributed by atoms with E-state index in [9.17, 15) is 0 Å². The average Bonchev–Trinajstić information content (AvgIpc) is 3.89. The fourth-order valence-corrected chi connectivity index (χ4v) is 10.3. The van der Waals surface area contributed by atoms with Gasteiger partial charge in [0, 0.05) is 83.9 Å². The first-order valence-electron chi connectivity index (χ1n) is 27.2. The van der Waals surface area contributed by atoms with E-state index in [-0.39, 0.29) is 5.95 Å². The van der Waals surface area contributed by atoms with Crippen LogP contribution < -0.4 is 29.4 Å². The maximum Gasteiger partial charge on any atom is 0.243 e. The summed E-state index contributed by atoms with van der Waals surface area (Å²) in [7, 11) is 0. The predicted octanol–water partition coefficient (Wildman–Crippen LogP) is 19.9. The van der Waals surface area contributed by atoms with Crippen molar-refractivity contribution in [3.05, 3.63) is 285 Å². The number of aromatic nitrogens is 3. The Balaban J connectivity index is 0.965. The second-order valence-corrected chi connectivity index (χ2v) is 19.4. The van der Waals surface area contributed by atoms with Crippen LogP contribution in [0.15, 0.2) is 312 Å². The summed E-state index contributed by atoms with van der Waals surface area (Å²) in [4.78, 5) is 26.8. The van der Waals surface area contributed by atoms with Gasteiger partial charge in [-0.15, -0.1) is 0 Å². The van der Waals surface area contributed by atoms with Gasteiger partial charge in [-0.3, -0.25) is 24.5 Å². The van der Waals surface area contributed by atoms with E-state index in [1.807, 2.05) is 310 Å². The van der Waals surface area contributed by atoms with Crippen LogP contribution in [0, 0.1) is 0 Å². The number of hydrogen-bond donors (Lipinski definition) is 0. The van der Waals surface area contributed by atoms with Crippen LogP contribution in [-0.4, -0.2) is 15.0 Å². The van der Waals surface area contributed by atoms with Gasteiger partial charge >= 0.3 is 0 Å². The van der Waals surface area contributed by atoms with Crippen molar-refractivity contribution < 1.29 is 26.5 Å². The topological polar surface area (TPSA) is 137 Å². The van der Waals surface area contributed by atoms with Crippen LogP contribution in [0.1, 0.15) is 0 Å². The van der Waals surface area contributed by atoms with Gasteiger partial charge in [0.25, 0.3) is 0 Å². The van der Waals surface area contributed by atoms with Crippen LogP contribution in [0.25, 0.3) is 22.8 Å². The van der Waals surface area contributed by atoms with Crippen molar-refractivity contribution >= 4 is 105 Å². The van der Waals surface area contributed by atoms with Gasteiger partial charge in [-0.05, 0) is 60.7 Å². The molecule has 15 heteroatoms. The smallest absolute Gasteiger partial charge is 0.243 e. The highest BCUT2D eigenvalue weighted by molar-refractivity contribution is 5.82. The fourth-order valence-electron chi connectivity index (χ4n) is 10.3. The summed E-state index contributed by atoms with van der Waals surface area (Å²) >= 11 is 0. The van der Waals surface area contributed by atoms with Crippen LogP contribution in [0.3, 0.4) is 0 Å². The molecule has 1 aliphatic rings. The number of benzene rings is 7. The zero-order valence-corrected chi connectivity index (χ0v) is 44.6. The fraction of sp³-hybridized carbons (Fsp3) is 0. The third-order valence-corrected chi connectivity index (χ3v) is 14.1. The van der Waals surface area contributed by atoms with E-state index in [1.165, 1.54) is 0 Å². The summed E-state index contributed by atoms with van der Waals surface area (Å²) in [6.45, 7) is 0. The molecule has 12 bridgehead atoms. The normalized spacial score (nSPS) is 12.6. The summed E-state index contributed by atoms with van der Waals surface area (Å²) in [6, 6.07) is 91.9. The number of hydrogen-bond acceptors (Lipinski definition) is 15. The highest BCUT2D eigenvalue weighted by atomic mass is 16.4. The standard InChI is InChI=1S/C69H47N9O6/c1-8-22-48(23-9-1)67-70-68(49-24-10-2-11-25-49)72-69(71-67)78-65-46-44-63(83-65)76(53-32-18-6-19-33-53)61-42-40-59(81-61)74(51-28-14-4-15-29-51)57-38-36-55(79-57)73(50-26-12-3-13-27-50)56-37-39-58(80-56)75(52-30-16-5-17-31-52)60-41-43-62(82-60)77(54-34-20-7-21-35-54)64-45-47-66(78)84-64/h1-47H. The minimum atomic E-state index is 0.225. The Morgan fingerprint density at radius 3 is 0.560 bits per heavy atom. The number of furan rings is 6. The highest BCUT2D eigenvalue weighted by Crippen LogP contribution is 2.50. The van der Waals surface area contributed by atoms with Gasteiger partial charge in [0.15, 0.2) is 11.6 Å². The third kappa shape index (κ3) is 9.24. The molecule has 14 aromatic rings. The molecule has 1 aliphatic heterocycles. The molecule has 15 nitrogen and oxygen atoms in total. The molecule has 0 saturated heterocycles. The molecule has 0 fully saturated rings. The molecule has 0 unspecified atom stereocenters. The van der Waals surface area contributed by atoms with E-state index in [0.717, 1.165) is 39.6 Å². The first-order chi connectivity index (χ1) is 41.6. The number of anilines is 18. The molecule has 0 radical (unpaired) electrons. The van der Waals surface area contributed by atoms with Gasteiger partial charge in [0.2, 0.25) is 76.6 Å². The van der Waals surface area contributed by atoms with Crippen LogP contribution in [0.4, 0.5) is 105 Å². The largest absolute Gasteiger partial charge is 0.423 e. The lowest BCUT2D eigenvalue weighted by atomic mass is 10.2. The van der Waals surface area contributed by atoms with Crippen molar-refractivity contribution in [2.45, 2.75) is 0 Å². The van der Waals surface area contributed by atoms with E-state index < -0.39 is 0 Å². The molecule has 7 aromatic carbocycles. The Hall–Kier alpha value is -12.0. The van der Waals surface area contributed by atoms with E-state index in [2.05, 4.69) is 0 Å². The van der Waals surface area contributed by atoms with Gasteiger partial charge in [0.1, 0.15) is 0 Å². The minimum absolute atomic E-state index is 0.225. The first kappa shape index (κ1) is 49.1. The second-order valence-electron chi connectivity index (χ2n) is 19.4. The monoisotopic (exact) mass is 1100 g/mol. The van der Waals surface area contributed by atoms with Crippen molar-refractivity contribution in [3.63, 3.8) is 0 Å². The van der Waals surface area contributed by atoms with Gasteiger partial charge in [-0.2, -0.15) is 9.97 Å². The lowest BCUT2D eigenvalue weighted by Gasteiger charge is -2.23. The van der Waals surface area contributed by atoms with Gasteiger partial charge < -0.3 is 26.5 Å². The summed E-state index contributed by atoms with van der Waals surface area (Å²) < 4.78 is 42.2. The van der Waals surface area contributed by atoms with Crippen molar-refractivity contribution in [3.8, 4) is 22.8 Å². The summed E-state index contributed by atoms with van der Waals surface area (Å²) in [5.74, 6) is 6.25. The maximum absolute atomic E-state index is 7.12. The van der Waals surface area contributed by atoms with Crippen LogP contribution in [0.5, 0.6) is 0 Å². The predicted molar refractivity (Wildman–Crippen MR) is 326 cm³/mol. The molecule has 15 rings (SSSR count). The van der Waals surface area contributed by atoms with Gasteiger partial charge in [-0.1, -0.05) is 152 Å².